The molecule has 2 aliphatic rings. The number of hydrogen-bond donors (Lipinski definition) is 1. The molecule has 3 rings (SSSR count). The van der Waals surface area contributed by atoms with Crippen molar-refractivity contribution in [1.29, 1.82) is 0 Å². The number of ether oxygens (including phenoxy) is 1. The predicted octanol–water partition coefficient (Wildman–Crippen LogP) is 2.84. The van der Waals surface area contributed by atoms with Gasteiger partial charge >= 0.3 is 0 Å². The van der Waals surface area contributed by atoms with Crippen molar-refractivity contribution >= 4 is 23.3 Å². The van der Waals surface area contributed by atoms with Crippen molar-refractivity contribution in [2.45, 2.75) is 64.5 Å². The van der Waals surface area contributed by atoms with E-state index in [4.69, 9.17) is 4.74 Å². The molecule has 0 bridgehead atoms. The molecule has 1 fully saturated rings. The summed E-state index contributed by atoms with van der Waals surface area (Å²) in [6, 6.07) is 5.30. The Bertz CT molecular complexity index is 710. The van der Waals surface area contributed by atoms with Crippen LogP contribution in [0.25, 0.3) is 0 Å². The van der Waals surface area contributed by atoms with E-state index in [2.05, 4.69) is 5.32 Å². The van der Waals surface area contributed by atoms with Crippen LogP contribution in [0.3, 0.4) is 0 Å². The normalized spacial score (nSPS) is 19.8. The van der Waals surface area contributed by atoms with E-state index in [1.807, 2.05) is 6.92 Å². The number of benzene rings is 1. The Morgan fingerprint density at radius 3 is 2.69 bits per heavy atom. The maximum atomic E-state index is 12.6. The molecule has 6 nitrogen and oxygen atoms in total. The highest BCUT2D eigenvalue weighted by Gasteiger charge is 2.33. The van der Waals surface area contributed by atoms with Crippen molar-refractivity contribution in [3.05, 3.63) is 23.8 Å². The van der Waals surface area contributed by atoms with Gasteiger partial charge in [0.1, 0.15) is 12.3 Å². The fourth-order valence-electron chi connectivity index (χ4n) is 3.60. The molecule has 1 heterocycles. The van der Waals surface area contributed by atoms with Gasteiger partial charge < -0.3 is 10.1 Å². The molecule has 0 aromatic heterocycles. The fraction of sp³-hybridized carbons (Fsp3) is 0.550. The Labute approximate surface area is 153 Å². The number of Topliss-reactive ketones (excluding diaryl/α,β-unsaturated/α-hetero) is 1. The van der Waals surface area contributed by atoms with Gasteiger partial charge in [0.2, 0.25) is 5.91 Å². The standard InChI is InChI=1S/C20H26N2O4/c1-3-6-17(23)14-9-10-18-16(11-14)22(20(25)13(2)26-18)12-19(24)21-15-7-4-5-8-15/h9-11,13,15H,3-8,12H2,1-2H3,(H,21,24). The van der Waals surface area contributed by atoms with Gasteiger partial charge in [-0.25, -0.2) is 0 Å². The van der Waals surface area contributed by atoms with Crippen LogP contribution in [0.1, 0.15) is 62.7 Å². The first kappa shape index (κ1) is 18.4. The van der Waals surface area contributed by atoms with Gasteiger partial charge in [-0.15, -0.1) is 0 Å². The van der Waals surface area contributed by atoms with Gasteiger partial charge in [0.25, 0.3) is 5.91 Å². The van der Waals surface area contributed by atoms with E-state index in [-0.39, 0.29) is 30.2 Å². The van der Waals surface area contributed by atoms with Crippen LogP contribution in [0.15, 0.2) is 18.2 Å². The van der Waals surface area contributed by atoms with Crippen LogP contribution in [0.2, 0.25) is 0 Å². The molecule has 0 spiro atoms. The van der Waals surface area contributed by atoms with E-state index >= 15 is 0 Å². The minimum Gasteiger partial charge on any atom is -0.479 e. The molecule has 140 valence electrons. The van der Waals surface area contributed by atoms with Gasteiger partial charge in [0.15, 0.2) is 11.9 Å². The molecule has 0 radical (unpaired) electrons. The topological polar surface area (TPSA) is 75.7 Å². The van der Waals surface area contributed by atoms with Crippen molar-refractivity contribution in [3.8, 4) is 5.75 Å². The van der Waals surface area contributed by atoms with Gasteiger partial charge in [-0.3, -0.25) is 19.3 Å². The minimum atomic E-state index is -0.654. The summed E-state index contributed by atoms with van der Waals surface area (Å²) < 4.78 is 5.65. The molecule has 6 heteroatoms. The van der Waals surface area contributed by atoms with Crippen molar-refractivity contribution < 1.29 is 19.1 Å². The molecule has 0 saturated heterocycles. The first-order chi connectivity index (χ1) is 12.5. The van der Waals surface area contributed by atoms with Crippen LogP contribution < -0.4 is 15.0 Å². The molecular weight excluding hydrogens is 332 g/mol. The summed E-state index contributed by atoms with van der Waals surface area (Å²) in [5.74, 6) is 0.116. The van der Waals surface area contributed by atoms with Crippen molar-refractivity contribution in [2.24, 2.45) is 0 Å². The summed E-state index contributed by atoms with van der Waals surface area (Å²) in [7, 11) is 0. The van der Waals surface area contributed by atoms with Crippen LogP contribution in [-0.4, -0.2) is 36.3 Å². The van der Waals surface area contributed by atoms with Crippen LogP contribution in [0.4, 0.5) is 5.69 Å². The molecule has 1 aliphatic carbocycles. The third-order valence-electron chi connectivity index (χ3n) is 4.99. The summed E-state index contributed by atoms with van der Waals surface area (Å²) in [6.07, 6.45) is 4.80. The highest BCUT2D eigenvalue weighted by Crippen LogP contribution is 2.35. The molecule has 1 atom stereocenters. The number of hydrogen-bond acceptors (Lipinski definition) is 4. The third-order valence-corrected chi connectivity index (χ3v) is 4.99. The molecule has 2 amide bonds. The van der Waals surface area contributed by atoms with Gasteiger partial charge in [-0.1, -0.05) is 19.8 Å². The second-order valence-electron chi connectivity index (χ2n) is 7.09. The van der Waals surface area contributed by atoms with Gasteiger partial charge in [-0.2, -0.15) is 0 Å². The summed E-state index contributed by atoms with van der Waals surface area (Å²) in [6.45, 7) is 3.56. The Morgan fingerprint density at radius 1 is 1.27 bits per heavy atom. The highest BCUT2D eigenvalue weighted by molar-refractivity contribution is 6.05. The number of carbonyl (C=O) groups excluding carboxylic acids is 3. The molecular formula is C20H26N2O4. The maximum absolute atomic E-state index is 12.6. The minimum absolute atomic E-state index is 0.0247. The Hall–Kier alpha value is -2.37. The lowest BCUT2D eigenvalue weighted by atomic mass is 10.0. The average Bonchev–Trinajstić information content (AvgIpc) is 3.11. The second kappa shape index (κ2) is 7.89. The molecule has 1 N–H and O–H groups in total. The van der Waals surface area contributed by atoms with E-state index < -0.39 is 6.10 Å². The Kier molecular flexibility index (Phi) is 5.59. The largest absolute Gasteiger partial charge is 0.479 e. The SMILES string of the molecule is CCCC(=O)c1ccc2c(c1)N(CC(=O)NC1CCCC1)C(=O)C(C)O2. The van der Waals surface area contributed by atoms with Gasteiger partial charge in [-0.05, 0) is 44.4 Å². The van der Waals surface area contributed by atoms with E-state index in [9.17, 15) is 14.4 Å². The Balaban J connectivity index is 1.82. The highest BCUT2D eigenvalue weighted by atomic mass is 16.5. The van der Waals surface area contributed by atoms with E-state index in [0.29, 0.717) is 23.4 Å². The number of nitrogens with zero attached hydrogens (tertiary/aromatic N) is 1. The van der Waals surface area contributed by atoms with Crippen LogP contribution in [0.5, 0.6) is 5.75 Å². The van der Waals surface area contributed by atoms with E-state index in [1.54, 1.807) is 25.1 Å². The zero-order chi connectivity index (χ0) is 18.7. The van der Waals surface area contributed by atoms with Crippen molar-refractivity contribution in [1.82, 2.24) is 5.32 Å². The van der Waals surface area contributed by atoms with Crippen LogP contribution in [-0.2, 0) is 9.59 Å². The summed E-state index contributed by atoms with van der Waals surface area (Å²) in [4.78, 5) is 38.7. The third kappa shape index (κ3) is 3.89. The number of ketones is 1. The van der Waals surface area contributed by atoms with Crippen molar-refractivity contribution in [2.75, 3.05) is 11.4 Å². The molecule has 1 unspecified atom stereocenters. The fourth-order valence-corrected chi connectivity index (χ4v) is 3.60. The zero-order valence-electron chi connectivity index (χ0n) is 15.4. The number of amides is 2. The zero-order valence-corrected chi connectivity index (χ0v) is 15.4. The first-order valence-corrected chi connectivity index (χ1v) is 9.44. The molecule has 1 aliphatic heterocycles. The average molecular weight is 358 g/mol. The Morgan fingerprint density at radius 2 is 2.00 bits per heavy atom. The molecule has 1 saturated carbocycles. The number of fused-ring (bicyclic) bond motifs is 1. The number of anilines is 1. The lowest BCUT2D eigenvalue weighted by Crippen LogP contribution is -2.50. The maximum Gasteiger partial charge on any atom is 0.268 e. The molecule has 1 aromatic carbocycles. The number of rotatable bonds is 6. The van der Waals surface area contributed by atoms with E-state index in [0.717, 1.165) is 32.1 Å². The first-order valence-electron chi connectivity index (χ1n) is 9.44. The lowest BCUT2D eigenvalue weighted by Gasteiger charge is -2.33. The summed E-state index contributed by atoms with van der Waals surface area (Å²) in [5.41, 5.74) is 1.04. The molecule has 1 aromatic rings. The monoisotopic (exact) mass is 358 g/mol. The van der Waals surface area contributed by atoms with Crippen LogP contribution in [0, 0.1) is 0 Å². The quantitative estimate of drug-likeness (QED) is 0.794. The lowest BCUT2D eigenvalue weighted by molar-refractivity contribution is -0.128. The van der Waals surface area contributed by atoms with Gasteiger partial charge in [0.05, 0.1) is 5.69 Å². The number of nitrogens with one attached hydrogen (secondary N) is 1. The molecule has 26 heavy (non-hydrogen) atoms. The van der Waals surface area contributed by atoms with E-state index in [1.165, 1.54) is 4.90 Å². The summed E-state index contributed by atoms with van der Waals surface area (Å²) >= 11 is 0. The smallest absolute Gasteiger partial charge is 0.268 e. The van der Waals surface area contributed by atoms with Crippen LogP contribution >= 0.6 is 0 Å². The summed E-state index contributed by atoms with van der Waals surface area (Å²) in [5, 5.41) is 3.01. The second-order valence-corrected chi connectivity index (χ2v) is 7.09. The van der Waals surface area contributed by atoms with Gasteiger partial charge in [0, 0.05) is 18.0 Å². The predicted molar refractivity (Wildman–Crippen MR) is 98.5 cm³/mol. The van der Waals surface area contributed by atoms with Crippen molar-refractivity contribution in [3.63, 3.8) is 0 Å². The number of carbonyl (C=O) groups is 3.